The van der Waals surface area contributed by atoms with E-state index in [1.165, 1.54) is 12.6 Å². The molecule has 0 aliphatic heterocycles. The molecule has 0 radical (unpaired) electrons. The summed E-state index contributed by atoms with van der Waals surface area (Å²) < 4.78 is 31.0. The Morgan fingerprint density at radius 1 is 1.63 bits per heavy atom. The lowest BCUT2D eigenvalue weighted by Crippen LogP contribution is -2.54. The van der Waals surface area contributed by atoms with Crippen molar-refractivity contribution in [3.05, 3.63) is 11.2 Å². The number of hydrogen-bond donors (Lipinski definition) is 2. The van der Waals surface area contributed by atoms with Crippen LogP contribution in [0.25, 0.3) is 0 Å². The van der Waals surface area contributed by atoms with Crippen molar-refractivity contribution in [2.24, 2.45) is 5.73 Å². The van der Waals surface area contributed by atoms with Crippen LogP contribution in [0, 0.1) is 0 Å². The van der Waals surface area contributed by atoms with E-state index in [0.717, 1.165) is 30.6 Å². The predicted molar refractivity (Wildman–Crippen MR) is 69.4 cm³/mol. The van der Waals surface area contributed by atoms with Gasteiger partial charge in [0.05, 0.1) is 12.6 Å². The number of rotatable bonds is 5. The second-order valence-electron chi connectivity index (χ2n) is 4.52. The Bertz CT molecular complexity index is 577. The third-order valence-corrected chi connectivity index (χ3v) is 5.89. The number of nitrogens with zero attached hydrogens (tertiary/aromatic N) is 1. The topological polar surface area (TPSA) is 111 Å². The zero-order valence-electron chi connectivity index (χ0n) is 10.4. The van der Waals surface area contributed by atoms with Crippen molar-refractivity contribution < 1.29 is 17.9 Å². The smallest absolute Gasteiger partial charge is 0.358 e. The van der Waals surface area contributed by atoms with Gasteiger partial charge in [0.1, 0.15) is 0 Å². The van der Waals surface area contributed by atoms with E-state index in [1.54, 1.807) is 0 Å². The van der Waals surface area contributed by atoms with Crippen LogP contribution in [0.2, 0.25) is 0 Å². The zero-order valence-corrected chi connectivity index (χ0v) is 12.0. The fourth-order valence-electron chi connectivity index (χ4n) is 1.77. The monoisotopic (exact) mass is 305 g/mol. The summed E-state index contributed by atoms with van der Waals surface area (Å²) in [6.07, 6.45) is 2.59. The van der Waals surface area contributed by atoms with Gasteiger partial charge in [-0.3, -0.25) is 0 Å². The number of hydrogen-bond acceptors (Lipinski definition) is 7. The second kappa shape index (κ2) is 5.16. The molecule has 106 valence electrons. The highest BCUT2D eigenvalue weighted by Gasteiger charge is 2.35. The highest BCUT2D eigenvalue weighted by molar-refractivity contribution is 7.91. The molecule has 1 aromatic rings. The third-order valence-electron chi connectivity index (χ3n) is 3.12. The predicted octanol–water partition coefficient (Wildman–Crippen LogP) is 0.0894. The van der Waals surface area contributed by atoms with Crippen LogP contribution < -0.4 is 10.5 Å². The molecule has 0 bridgehead atoms. The van der Waals surface area contributed by atoms with Gasteiger partial charge in [-0.1, -0.05) is 0 Å². The van der Waals surface area contributed by atoms with E-state index in [-0.39, 0.29) is 16.4 Å². The van der Waals surface area contributed by atoms with Crippen molar-refractivity contribution in [1.29, 1.82) is 0 Å². The minimum atomic E-state index is -3.79. The summed E-state index contributed by atoms with van der Waals surface area (Å²) >= 11 is 0.873. The van der Waals surface area contributed by atoms with Crippen LogP contribution in [0.3, 0.4) is 0 Å². The van der Waals surface area contributed by atoms with Crippen molar-refractivity contribution in [2.75, 3.05) is 13.7 Å². The van der Waals surface area contributed by atoms with Crippen molar-refractivity contribution in [1.82, 2.24) is 9.71 Å². The maximum Gasteiger partial charge on any atom is 0.358 e. The van der Waals surface area contributed by atoms with Gasteiger partial charge in [-0.2, -0.15) is 0 Å². The Morgan fingerprint density at radius 3 is 2.84 bits per heavy atom. The fraction of sp³-hybridized carbons (Fsp3) is 0.600. The van der Waals surface area contributed by atoms with Crippen LogP contribution in [0.4, 0.5) is 0 Å². The van der Waals surface area contributed by atoms with Crippen molar-refractivity contribution in [3.8, 4) is 0 Å². The Balaban J connectivity index is 2.15. The first-order valence-electron chi connectivity index (χ1n) is 5.68. The standard InChI is InChI=1S/C10H15N3O4S2/c1-17-8(14)7-9(18-6-12-7)19(15,16)13-5-10(11)3-2-4-10/h6,13H,2-5,11H2,1H3. The first-order valence-corrected chi connectivity index (χ1v) is 8.05. The average molecular weight is 305 g/mol. The Kier molecular flexibility index (Phi) is 3.90. The van der Waals surface area contributed by atoms with Crippen LogP contribution in [-0.2, 0) is 14.8 Å². The number of methoxy groups -OCH3 is 1. The minimum absolute atomic E-state index is 0.137. The maximum atomic E-state index is 12.1. The van der Waals surface area contributed by atoms with Crippen LogP contribution >= 0.6 is 11.3 Å². The number of sulfonamides is 1. The molecule has 3 N–H and O–H groups in total. The van der Waals surface area contributed by atoms with Crippen LogP contribution in [-0.4, -0.2) is 38.6 Å². The molecular formula is C10H15N3O4S2. The van der Waals surface area contributed by atoms with Gasteiger partial charge in [0.25, 0.3) is 10.0 Å². The van der Waals surface area contributed by atoms with E-state index in [2.05, 4.69) is 14.4 Å². The molecule has 0 spiro atoms. The van der Waals surface area contributed by atoms with Crippen molar-refractivity contribution >= 4 is 27.3 Å². The van der Waals surface area contributed by atoms with Crippen molar-refractivity contribution in [2.45, 2.75) is 29.0 Å². The summed E-state index contributed by atoms with van der Waals surface area (Å²) in [4.78, 5) is 15.1. The van der Waals surface area contributed by atoms with Crippen LogP contribution in [0.15, 0.2) is 9.72 Å². The number of esters is 1. The molecule has 1 aliphatic carbocycles. The molecule has 0 aromatic carbocycles. The summed E-state index contributed by atoms with van der Waals surface area (Å²) in [5, 5.41) is 0. The molecular weight excluding hydrogens is 290 g/mol. The summed E-state index contributed by atoms with van der Waals surface area (Å²) in [6.45, 7) is 0.161. The average Bonchev–Trinajstić information content (AvgIpc) is 2.83. The highest BCUT2D eigenvalue weighted by atomic mass is 32.2. The minimum Gasteiger partial charge on any atom is -0.464 e. The van der Waals surface area contributed by atoms with Gasteiger partial charge in [0.15, 0.2) is 9.90 Å². The lowest BCUT2D eigenvalue weighted by Gasteiger charge is -2.37. The molecule has 0 amide bonds. The second-order valence-corrected chi connectivity index (χ2v) is 7.34. The highest BCUT2D eigenvalue weighted by Crippen LogP contribution is 2.29. The molecule has 7 nitrogen and oxygen atoms in total. The molecule has 19 heavy (non-hydrogen) atoms. The molecule has 2 rings (SSSR count). The molecule has 0 saturated heterocycles. The number of carbonyl (C=O) groups excluding carboxylic acids is 1. The number of aromatic nitrogens is 1. The number of thiazole rings is 1. The first kappa shape index (κ1) is 14.4. The van der Waals surface area contributed by atoms with E-state index in [4.69, 9.17) is 5.73 Å². The zero-order chi connectivity index (χ0) is 14.1. The molecule has 1 fully saturated rings. The lowest BCUT2D eigenvalue weighted by molar-refractivity contribution is 0.0590. The van der Waals surface area contributed by atoms with Gasteiger partial charge in [-0.15, -0.1) is 11.3 Å². The maximum absolute atomic E-state index is 12.1. The fourth-order valence-corrected chi connectivity index (χ4v) is 4.08. The van der Waals surface area contributed by atoms with Gasteiger partial charge in [0.2, 0.25) is 0 Å². The SMILES string of the molecule is COC(=O)c1ncsc1S(=O)(=O)NCC1(N)CCC1. The van der Waals surface area contributed by atoms with E-state index < -0.39 is 21.5 Å². The van der Waals surface area contributed by atoms with E-state index in [9.17, 15) is 13.2 Å². The van der Waals surface area contributed by atoms with Gasteiger partial charge in [-0.25, -0.2) is 22.9 Å². The summed E-state index contributed by atoms with van der Waals surface area (Å²) in [7, 11) is -2.61. The summed E-state index contributed by atoms with van der Waals surface area (Å²) in [6, 6.07) is 0. The molecule has 1 saturated carbocycles. The van der Waals surface area contributed by atoms with Crippen LogP contribution in [0.1, 0.15) is 29.8 Å². The Hall–Kier alpha value is -1.03. The Morgan fingerprint density at radius 2 is 2.32 bits per heavy atom. The number of ether oxygens (including phenoxy) is 1. The summed E-state index contributed by atoms with van der Waals surface area (Å²) in [5.74, 6) is -0.771. The van der Waals surface area contributed by atoms with Crippen molar-refractivity contribution in [3.63, 3.8) is 0 Å². The van der Waals surface area contributed by atoms with Crippen LogP contribution in [0.5, 0.6) is 0 Å². The number of nitrogens with two attached hydrogens (primary N) is 1. The first-order chi connectivity index (χ1) is 8.88. The quantitative estimate of drug-likeness (QED) is 0.746. The van der Waals surface area contributed by atoms with Gasteiger partial charge >= 0.3 is 5.97 Å². The summed E-state index contributed by atoms with van der Waals surface area (Å²) in [5.41, 5.74) is 6.59. The van der Waals surface area contributed by atoms with E-state index in [1.807, 2.05) is 0 Å². The molecule has 1 aliphatic rings. The van der Waals surface area contributed by atoms with E-state index in [0.29, 0.717) is 0 Å². The number of nitrogens with one attached hydrogen (secondary N) is 1. The molecule has 9 heteroatoms. The Labute approximate surface area is 115 Å². The lowest BCUT2D eigenvalue weighted by atomic mass is 9.78. The molecule has 0 unspecified atom stereocenters. The largest absolute Gasteiger partial charge is 0.464 e. The third kappa shape index (κ3) is 2.94. The number of carbonyl (C=O) groups is 1. The molecule has 1 aromatic heterocycles. The molecule has 1 heterocycles. The molecule has 0 atom stereocenters. The van der Waals surface area contributed by atoms with E-state index >= 15 is 0 Å². The van der Waals surface area contributed by atoms with Gasteiger partial charge in [-0.05, 0) is 19.3 Å². The van der Waals surface area contributed by atoms with Gasteiger partial charge < -0.3 is 10.5 Å². The normalized spacial score (nSPS) is 17.8. The van der Waals surface area contributed by atoms with Gasteiger partial charge in [0, 0.05) is 12.1 Å².